The molecule has 0 N–H and O–H groups in total. The van der Waals surface area contributed by atoms with Gasteiger partial charge in [0, 0.05) is 27.8 Å². The molecule has 0 aliphatic heterocycles. The van der Waals surface area contributed by atoms with Gasteiger partial charge in [-0.25, -0.2) is 0 Å². The molecule has 0 amide bonds. The smallest absolute Gasteiger partial charge is 0.0683 e. The van der Waals surface area contributed by atoms with Crippen LogP contribution in [0.4, 0.5) is 0 Å². The van der Waals surface area contributed by atoms with Gasteiger partial charge in [0.1, 0.15) is 0 Å². The predicted octanol–water partition coefficient (Wildman–Crippen LogP) is 8.74. The van der Waals surface area contributed by atoms with Crippen LogP contribution in [0.1, 0.15) is 91.9 Å². The van der Waals surface area contributed by atoms with Crippen molar-refractivity contribution in [2.75, 3.05) is 6.61 Å². The quantitative estimate of drug-likeness (QED) is 0.153. The topological polar surface area (TPSA) is 9.23 Å². The molecule has 0 aromatic rings. The first-order valence-electron chi connectivity index (χ1n) is 11.6. The Hall–Kier alpha value is 0.0800. The number of hydrogen-bond donors (Lipinski definition) is 0. The Kier molecular flexibility index (Phi) is 9.70. The fourth-order valence-corrected chi connectivity index (χ4v) is 6.96. The van der Waals surface area contributed by atoms with Crippen LogP contribution in [-0.4, -0.2) is 12.2 Å². The lowest BCUT2D eigenvalue weighted by atomic mass is 9.45. The Labute approximate surface area is 196 Å². The van der Waals surface area contributed by atoms with Crippen molar-refractivity contribution in [3.63, 3.8) is 0 Å². The number of fused-ring (bicyclic) bond motifs is 3. The van der Waals surface area contributed by atoms with E-state index in [-0.39, 0.29) is 11.0 Å². The van der Waals surface area contributed by atoms with Crippen molar-refractivity contribution in [3.8, 4) is 11.2 Å². The van der Waals surface area contributed by atoms with E-state index in [0.29, 0.717) is 11.3 Å². The van der Waals surface area contributed by atoms with Crippen LogP contribution in [0.15, 0.2) is 24.8 Å². The number of rotatable bonds is 5. The normalized spacial score (nSPS) is 38.3. The Morgan fingerprint density at radius 3 is 2.66 bits per heavy atom. The molecule has 1 nitrogen and oxygen atoms in total. The van der Waals surface area contributed by atoms with Crippen LogP contribution in [0.2, 0.25) is 0 Å². The maximum Gasteiger partial charge on any atom is 0.0683 e. The summed E-state index contributed by atoms with van der Waals surface area (Å²) >= 11 is 2.32. The third-order valence-corrected chi connectivity index (χ3v) is 9.04. The molecule has 2 saturated carbocycles. The minimum absolute atomic E-state index is 0.0525. The van der Waals surface area contributed by atoms with E-state index in [4.69, 9.17) is 4.74 Å². The molecular formula is C26H41IOS. The van der Waals surface area contributed by atoms with Gasteiger partial charge in [-0.1, -0.05) is 45.6 Å². The van der Waals surface area contributed by atoms with Gasteiger partial charge in [0.25, 0.3) is 0 Å². The molecule has 0 saturated heterocycles. The van der Waals surface area contributed by atoms with E-state index in [9.17, 15) is 0 Å². The molecule has 0 aromatic heterocycles. The molecular weight excluding hydrogens is 487 g/mol. The monoisotopic (exact) mass is 528 g/mol. The van der Waals surface area contributed by atoms with Crippen molar-refractivity contribution in [2.24, 2.45) is 22.7 Å². The molecule has 0 aromatic carbocycles. The van der Waals surface area contributed by atoms with Crippen molar-refractivity contribution in [3.05, 3.63) is 24.8 Å². The predicted molar refractivity (Wildman–Crippen MR) is 138 cm³/mol. The van der Waals surface area contributed by atoms with Crippen LogP contribution >= 0.6 is 30.1 Å². The van der Waals surface area contributed by atoms with Gasteiger partial charge in [-0.2, -0.15) is 0 Å². The molecule has 0 bridgehead atoms. The van der Waals surface area contributed by atoms with E-state index >= 15 is 0 Å². The highest BCUT2D eigenvalue weighted by Gasteiger charge is 2.58. The summed E-state index contributed by atoms with van der Waals surface area (Å²) in [5.74, 6) is 5.08. The summed E-state index contributed by atoms with van der Waals surface area (Å²) in [7, 11) is 1.65. The zero-order valence-corrected chi connectivity index (χ0v) is 22.1. The molecule has 0 radical (unpaired) electrons. The number of ether oxygens (including phenoxy) is 1. The number of allylic oxidation sites excluding steroid dienone is 2. The second kappa shape index (κ2) is 11.1. The summed E-state index contributed by atoms with van der Waals surface area (Å²) in [6.07, 6.45) is 15.2. The summed E-state index contributed by atoms with van der Waals surface area (Å²) in [5.41, 5.74) is 2.23. The minimum Gasteiger partial charge on any atom is -0.375 e. The van der Waals surface area contributed by atoms with Gasteiger partial charge in [-0.05, 0) is 95.3 Å². The van der Waals surface area contributed by atoms with E-state index in [1.807, 2.05) is 0 Å². The van der Waals surface area contributed by atoms with Gasteiger partial charge < -0.3 is 4.74 Å². The van der Waals surface area contributed by atoms with Gasteiger partial charge in [-0.15, -0.1) is 13.2 Å². The second-order valence-corrected chi connectivity index (χ2v) is 11.3. The molecule has 5 atom stereocenters. The summed E-state index contributed by atoms with van der Waals surface area (Å²) in [6.45, 7) is 16.6. The molecule has 3 rings (SSSR count). The van der Waals surface area contributed by atoms with Crippen LogP contribution in [0.3, 0.4) is 0 Å². The van der Waals surface area contributed by atoms with Crippen molar-refractivity contribution in [1.29, 1.82) is 0 Å². The highest BCUT2D eigenvalue weighted by Crippen LogP contribution is 2.64. The maximum absolute atomic E-state index is 6.55. The minimum atomic E-state index is 0.0525. The lowest BCUT2D eigenvalue weighted by Gasteiger charge is -2.60. The number of hydrogen-bond acceptors (Lipinski definition) is 2. The van der Waals surface area contributed by atoms with E-state index in [1.54, 1.807) is 14.5 Å². The van der Waals surface area contributed by atoms with Crippen LogP contribution in [0.25, 0.3) is 0 Å². The lowest BCUT2D eigenvalue weighted by Crippen LogP contribution is -2.56. The van der Waals surface area contributed by atoms with E-state index in [2.05, 4.69) is 79.3 Å². The van der Waals surface area contributed by atoms with Crippen LogP contribution in [0.5, 0.6) is 0 Å². The zero-order chi connectivity index (χ0) is 21.5. The van der Waals surface area contributed by atoms with Crippen molar-refractivity contribution in [1.82, 2.24) is 0 Å². The first-order chi connectivity index (χ1) is 13.9. The molecule has 2 fully saturated rings. The first kappa shape index (κ1) is 25.3. The second-order valence-electron chi connectivity index (χ2n) is 9.62. The summed E-state index contributed by atoms with van der Waals surface area (Å²) in [6, 6.07) is 0. The standard InChI is InChI=1S/C24H37IOS.C2H4/c1-5-6-9-17-26-23(4)15-14-22(3)20(19(23)2)11-13-24(16-18-27-25)12-8-7-10-21(22)24;1-2/h10,19-20H,5-9,11-15,17H2,1-4H3;1-2H2. The average molecular weight is 529 g/mol. The molecule has 0 heterocycles. The molecule has 164 valence electrons. The van der Waals surface area contributed by atoms with Gasteiger partial charge in [-0.3, -0.25) is 0 Å². The van der Waals surface area contributed by atoms with E-state index in [1.165, 1.54) is 64.2 Å². The first-order valence-corrected chi connectivity index (χ1v) is 14.9. The summed E-state index contributed by atoms with van der Waals surface area (Å²) in [5, 5.41) is 3.38. The Balaban J connectivity index is 0.00000145. The largest absolute Gasteiger partial charge is 0.375 e. The molecule has 3 aliphatic carbocycles. The highest BCUT2D eigenvalue weighted by molar-refractivity contribution is 14.2. The molecule has 3 aliphatic rings. The molecule has 29 heavy (non-hydrogen) atoms. The average Bonchev–Trinajstić information content (AvgIpc) is 2.75. The molecule has 5 unspecified atom stereocenters. The maximum atomic E-state index is 6.55. The zero-order valence-electron chi connectivity index (χ0n) is 19.1. The summed E-state index contributed by atoms with van der Waals surface area (Å²) < 4.78 is 6.55. The van der Waals surface area contributed by atoms with Crippen molar-refractivity contribution < 1.29 is 4.74 Å². The third-order valence-electron chi connectivity index (χ3n) is 8.20. The highest BCUT2D eigenvalue weighted by atomic mass is 127. The Morgan fingerprint density at radius 1 is 1.21 bits per heavy atom. The Morgan fingerprint density at radius 2 is 1.97 bits per heavy atom. The number of unbranched alkanes of at least 4 members (excludes halogenated alkanes) is 2. The van der Waals surface area contributed by atoms with Gasteiger partial charge >= 0.3 is 0 Å². The molecule has 0 spiro atoms. The third kappa shape index (κ3) is 5.12. The van der Waals surface area contributed by atoms with Crippen LogP contribution in [0, 0.1) is 33.8 Å². The van der Waals surface area contributed by atoms with Crippen LogP contribution in [-0.2, 0) is 4.74 Å². The lowest BCUT2D eigenvalue weighted by molar-refractivity contribution is -0.146. The van der Waals surface area contributed by atoms with Crippen molar-refractivity contribution in [2.45, 2.75) is 97.5 Å². The molecule has 3 heteroatoms. The Bertz CT molecular complexity index is 634. The fourth-order valence-electron chi connectivity index (χ4n) is 6.39. The van der Waals surface area contributed by atoms with E-state index < -0.39 is 0 Å². The van der Waals surface area contributed by atoms with Gasteiger partial charge in [0.05, 0.1) is 11.0 Å². The van der Waals surface area contributed by atoms with Crippen molar-refractivity contribution >= 4 is 30.1 Å². The van der Waals surface area contributed by atoms with Crippen LogP contribution < -0.4 is 0 Å². The SMILES string of the molecule is C=C.CCCCCOC1(C)CCC2(C)C3=CCCCC3(C#CSI)CCC2C1C. The number of halogens is 1. The van der Waals surface area contributed by atoms with E-state index in [0.717, 1.165) is 12.5 Å². The van der Waals surface area contributed by atoms with Gasteiger partial charge in [0.15, 0.2) is 0 Å². The van der Waals surface area contributed by atoms with Gasteiger partial charge in [0.2, 0.25) is 0 Å². The summed E-state index contributed by atoms with van der Waals surface area (Å²) in [4.78, 5) is 0. The fraction of sp³-hybridized carbons (Fsp3) is 0.769.